The maximum atomic E-state index is 12.7. The van der Waals surface area contributed by atoms with Gasteiger partial charge in [-0.3, -0.25) is 9.59 Å². The molecule has 10 heteroatoms. The monoisotopic (exact) mass is 435 g/mol. The highest BCUT2D eigenvalue weighted by Gasteiger charge is 2.25. The van der Waals surface area contributed by atoms with Crippen molar-refractivity contribution < 1.29 is 28.5 Å². The van der Waals surface area contributed by atoms with Gasteiger partial charge >= 0.3 is 0 Å². The Morgan fingerprint density at radius 2 is 1.60 bits per heavy atom. The number of hydrogen-bond donors (Lipinski definition) is 1. The molecule has 1 atom stereocenters. The third-order valence-corrected chi connectivity index (χ3v) is 4.40. The fourth-order valence-corrected chi connectivity index (χ4v) is 2.90. The standard InChI is InChI=1S/C20H22ClN3O6/c1-11(25)17(24-23-13-7-6-8-15(28-3)18(13)29-4)20(26)22-12-9-10-14(27-2)16(21)19(12)30-5/h6-10,17H,1-5H3,(H,22,26). The van der Waals surface area contributed by atoms with E-state index in [1.54, 1.807) is 30.3 Å². The van der Waals surface area contributed by atoms with Crippen LogP contribution >= 0.6 is 11.6 Å². The second-order valence-corrected chi connectivity index (χ2v) is 6.27. The molecule has 1 N–H and O–H groups in total. The highest BCUT2D eigenvalue weighted by atomic mass is 35.5. The van der Waals surface area contributed by atoms with Gasteiger partial charge in [-0.05, 0) is 31.2 Å². The highest BCUT2D eigenvalue weighted by Crippen LogP contribution is 2.40. The van der Waals surface area contributed by atoms with E-state index in [4.69, 9.17) is 30.5 Å². The van der Waals surface area contributed by atoms with Crippen LogP contribution in [-0.2, 0) is 9.59 Å². The molecule has 0 radical (unpaired) electrons. The van der Waals surface area contributed by atoms with Crippen molar-refractivity contribution in [2.24, 2.45) is 10.2 Å². The number of azo groups is 1. The van der Waals surface area contributed by atoms with E-state index in [0.29, 0.717) is 22.9 Å². The fraction of sp³-hybridized carbons (Fsp3) is 0.300. The first-order valence-corrected chi connectivity index (χ1v) is 9.09. The first kappa shape index (κ1) is 23.0. The molecule has 9 nitrogen and oxygen atoms in total. The molecule has 30 heavy (non-hydrogen) atoms. The van der Waals surface area contributed by atoms with Crippen molar-refractivity contribution in [3.8, 4) is 23.0 Å². The van der Waals surface area contributed by atoms with Gasteiger partial charge in [-0.2, -0.15) is 10.2 Å². The predicted octanol–water partition coefficient (Wildman–Crippen LogP) is 4.05. The van der Waals surface area contributed by atoms with Crippen LogP contribution in [0.5, 0.6) is 23.0 Å². The van der Waals surface area contributed by atoms with Crippen LogP contribution in [0.15, 0.2) is 40.6 Å². The number of methoxy groups -OCH3 is 4. The molecule has 0 saturated heterocycles. The number of nitrogens with zero attached hydrogens (tertiary/aromatic N) is 2. The minimum absolute atomic E-state index is 0.180. The largest absolute Gasteiger partial charge is 0.495 e. The van der Waals surface area contributed by atoms with Crippen molar-refractivity contribution in [1.82, 2.24) is 0 Å². The number of anilines is 1. The molecule has 0 bridgehead atoms. The summed E-state index contributed by atoms with van der Waals surface area (Å²) in [5.41, 5.74) is 0.565. The van der Waals surface area contributed by atoms with Gasteiger partial charge in [-0.15, -0.1) is 0 Å². The number of amides is 1. The minimum Gasteiger partial charge on any atom is -0.495 e. The summed E-state index contributed by atoms with van der Waals surface area (Å²) in [7, 11) is 5.79. The van der Waals surface area contributed by atoms with E-state index < -0.39 is 17.7 Å². The third-order valence-electron chi connectivity index (χ3n) is 4.04. The molecule has 0 aliphatic heterocycles. The Morgan fingerprint density at radius 1 is 0.933 bits per heavy atom. The Bertz CT molecular complexity index is 964. The summed E-state index contributed by atoms with van der Waals surface area (Å²) in [6, 6.07) is 6.69. The predicted molar refractivity (Wildman–Crippen MR) is 112 cm³/mol. The molecule has 160 valence electrons. The van der Waals surface area contributed by atoms with Crippen molar-refractivity contribution in [3.05, 3.63) is 35.4 Å². The second-order valence-electron chi connectivity index (χ2n) is 5.89. The van der Waals surface area contributed by atoms with Gasteiger partial charge in [0.25, 0.3) is 5.91 Å². The molecular weight excluding hydrogens is 414 g/mol. The van der Waals surface area contributed by atoms with Gasteiger partial charge in [0.15, 0.2) is 23.0 Å². The number of para-hydroxylation sites is 1. The number of carbonyl (C=O) groups is 2. The number of ketones is 1. The van der Waals surface area contributed by atoms with E-state index in [2.05, 4.69) is 15.5 Å². The molecule has 0 saturated carbocycles. The van der Waals surface area contributed by atoms with E-state index in [-0.39, 0.29) is 16.5 Å². The summed E-state index contributed by atoms with van der Waals surface area (Å²) in [6.45, 7) is 1.24. The van der Waals surface area contributed by atoms with E-state index in [0.717, 1.165) is 0 Å². The Balaban J connectivity index is 2.32. The number of nitrogens with one attached hydrogen (secondary N) is 1. The molecular formula is C20H22ClN3O6. The highest BCUT2D eigenvalue weighted by molar-refractivity contribution is 6.34. The van der Waals surface area contributed by atoms with Crippen LogP contribution in [-0.4, -0.2) is 46.2 Å². The van der Waals surface area contributed by atoms with Crippen LogP contribution in [0.2, 0.25) is 5.02 Å². The second kappa shape index (κ2) is 10.4. The quantitative estimate of drug-likeness (QED) is 0.470. The van der Waals surface area contributed by atoms with Gasteiger partial charge in [0, 0.05) is 0 Å². The fourth-order valence-electron chi connectivity index (χ4n) is 2.58. The molecule has 1 amide bonds. The normalized spacial score (nSPS) is 11.7. The van der Waals surface area contributed by atoms with Gasteiger partial charge in [-0.1, -0.05) is 17.7 Å². The maximum Gasteiger partial charge on any atom is 0.258 e. The zero-order chi connectivity index (χ0) is 22.3. The van der Waals surface area contributed by atoms with E-state index in [1.165, 1.54) is 35.4 Å². The Morgan fingerprint density at radius 3 is 2.17 bits per heavy atom. The molecule has 0 heterocycles. The third kappa shape index (κ3) is 4.98. The number of benzene rings is 2. The average Bonchev–Trinajstić information content (AvgIpc) is 2.73. The van der Waals surface area contributed by atoms with E-state index in [1.807, 2.05) is 0 Å². The summed E-state index contributed by atoms with van der Waals surface area (Å²) >= 11 is 6.21. The molecule has 0 aliphatic rings. The number of Topliss-reactive ketones (excluding diaryl/α,β-unsaturated/α-hetero) is 1. The summed E-state index contributed by atoms with van der Waals surface area (Å²) < 4.78 is 20.9. The van der Waals surface area contributed by atoms with Gasteiger partial charge in [0.05, 0.1) is 34.1 Å². The summed E-state index contributed by atoms with van der Waals surface area (Å²) in [4.78, 5) is 24.8. The first-order chi connectivity index (χ1) is 14.4. The molecule has 1 unspecified atom stereocenters. The van der Waals surface area contributed by atoms with E-state index in [9.17, 15) is 9.59 Å². The van der Waals surface area contributed by atoms with Crippen molar-refractivity contribution in [2.45, 2.75) is 13.0 Å². The molecule has 2 aromatic rings. The molecule has 0 fully saturated rings. The minimum atomic E-state index is -1.40. The maximum absolute atomic E-state index is 12.7. The number of ether oxygens (including phenoxy) is 4. The lowest BCUT2D eigenvalue weighted by molar-refractivity contribution is -0.126. The lowest BCUT2D eigenvalue weighted by Gasteiger charge is -2.15. The molecule has 0 aromatic heterocycles. The Labute approximate surface area is 178 Å². The zero-order valence-electron chi connectivity index (χ0n) is 17.2. The SMILES string of the molecule is COc1ccc(NC(=O)C(N=Nc2cccc(OC)c2OC)C(C)=O)c(OC)c1Cl. The van der Waals surface area contributed by atoms with Gasteiger partial charge < -0.3 is 24.3 Å². The summed E-state index contributed by atoms with van der Waals surface area (Å²) in [5.74, 6) is 0.132. The number of halogens is 1. The summed E-state index contributed by atoms with van der Waals surface area (Å²) in [5, 5.41) is 10.7. The van der Waals surface area contributed by atoms with Gasteiger partial charge in [-0.25, -0.2) is 0 Å². The van der Waals surface area contributed by atoms with Crippen LogP contribution in [0.4, 0.5) is 11.4 Å². The molecule has 0 spiro atoms. The Hall–Kier alpha value is -3.33. The molecule has 0 aliphatic carbocycles. The van der Waals surface area contributed by atoms with Crippen LogP contribution in [0, 0.1) is 0 Å². The number of carbonyl (C=O) groups excluding carboxylic acids is 2. The topological polar surface area (TPSA) is 108 Å². The van der Waals surface area contributed by atoms with Gasteiger partial charge in [0.2, 0.25) is 6.04 Å². The summed E-state index contributed by atoms with van der Waals surface area (Å²) in [6.07, 6.45) is 0. The molecule has 2 rings (SSSR count). The Kier molecular flexibility index (Phi) is 7.99. The number of hydrogen-bond acceptors (Lipinski definition) is 8. The van der Waals surface area contributed by atoms with Crippen LogP contribution in [0.25, 0.3) is 0 Å². The van der Waals surface area contributed by atoms with Crippen LogP contribution in [0.1, 0.15) is 6.92 Å². The molecule has 2 aromatic carbocycles. The van der Waals surface area contributed by atoms with Gasteiger partial charge in [0.1, 0.15) is 16.5 Å². The van der Waals surface area contributed by atoms with Crippen LogP contribution in [0.3, 0.4) is 0 Å². The average molecular weight is 436 g/mol. The van der Waals surface area contributed by atoms with E-state index >= 15 is 0 Å². The van der Waals surface area contributed by atoms with Crippen molar-refractivity contribution in [2.75, 3.05) is 33.8 Å². The smallest absolute Gasteiger partial charge is 0.258 e. The van der Waals surface area contributed by atoms with Crippen molar-refractivity contribution in [1.29, 1.82) is 0 Å². The number of rotatable bonds is 9. The van der Waals surface area contributed by atoms with Crippen LogP contribution < -0.4 is 24.3 Å². The first-order valence-electron chi connectivity index (χ1n) is 8.71. The lowest BCUT2D eigenvalue weighted by atomic mass is 10.2. The van der Waals surface area contributed by atoms with Crippen molar-refractivity contribution >= 4 is 34.7 Å². The zero-order valence-corrected chi connectivity index (χ0v) is 17.9. The lowest BCUT2D eigenvalue weighted by Crippen LogP contribution is -2.32. The van der Waals surface area contributed by atoms with Crippen molar-refractivity contribution in [3.63, 3.8) is 0 Å².